The van der Waals surface area contributed by atoms with E-state index in [1.54, 1.807) is 6.26 Å². The lowest BCUT2D eigenvalue weighted by molar-refractivity contribution is 0.499. The van der Waals surface area contributed by atoms with Gasteiger partial charge in [0.05, 0.1) is 23.4 Å². The van der Waals surface area contributed by atoms with Crippen molar-refractivity contribution >= 4 is 22.7 Å². The molecule has 6 heteroatoms. The molecule has 3 rings (SSSR count). The molecule has 0 saturated carbocycles. The Kier molecular flexibility index (Phi) is 3.31. The number of fused-ring (bicyclic) bond motifs is 1. The SMILES string of the molecule is Cn1c(N)nc2c(NCc3nc(C(C)(C)C)co3)cccc21. The molecule has 1 aromatic carbocycles. The predicted molar refractivity (Wildman–Crippen MR) is 87.7 cm³/mol. The Morgan fingerprint density at radius 3 is 2.73 bits per heavy atom. The van der Waals surface area contributed by atoms with E-state index >= 15 is 0 Å². The van der Waals surface area contributed by atoms with E-state index in [1.165, 1.54) is 0 Å². The van der Waals surface area contributed by atoms with Crippen LogP contribution in [0.1, 0.15) is 32.4 Å². The van der Waals surface area contributed by atoms with Gasteiger partial charge < -0.3 is 20.0 Å². The molecule has 116 valence electrons. The molecule has 2 aromatic heterocycles. The number of hydrogen-bond donors (Lipinski definition) is 2. The summed E-state index contributed by atoms with van der Waals surface area (Å²) < 4.78 is 7.39. The standard InChI is InChI=1S/C16H21N5O/c1-16(2,3)12-9-22-13(19-12)8-18-10-6-5-7-11-14(10)20-15(17)21(11)4/h5-7,9,18H,8H2,1-4H3,(H2,17,20). The molecule has 6 nitrogen and oxygen atoms in total. The van der Waals surface area contributed by atoms with E-state index in [0.29, 0.717) is 18.4 Å². The second kappa shape index (κ2) is 5.05. The second-order valence-corrected chi connectivity index (χ2v) is 6.43. The lowest BCUT2D eigenvalue weighted by atomic mass is 9.93. The molecule has 0 aliphatic carbocycles. The minimum atomic E-state index is -0.0167. The zero-order chi connectivity index (χ0) is 15.9. The van der Waals surface area contributed by atoms with E-state index in [4.69, 9.17) is 10.2 Å². The molecule has 0 bridgehead atoms. The molecule has 3 aromatic rings. The topological polar surface area (TPSA) is 81.9 Å². The number of benzene rings is 1. The highest BCUT2D eigenvalue weighted by molar-refractivity contribution is 5.90. The fourth-order valence-electron chi connectivity index (χ4n) is 2.28. The lowest BCUT2D eigenvalue weighted by Gasteiger charge is -2.13. The molecule has 0 radical (unpaired) electrons. The van der Waals surface area contributed by atoms with E-state index in [1.807, 2.05) is 29.8 Å². The number of imidazole rings is 1. The summed E-state index contributed by atoms with van der Waals surface area (Å²) in [6.45, 7) is 6.84. The highest BCUT2D eigenvalue weighted by Crippen LogP contribution is 2.25. The quantitative estimate of drug-likeness (QED) is 0.776. The number of rotatable bonds is 3. The van der Waals surface area contributed by atoms with Gasteiger partial charge in [-0.3, -0.25) is 0 Å². The van der Waals surface area contributed by atoms with Crippen molar-refractivity contribution in [3.8, 4) is 0 Å². The number of anilines is 2. The van der Waals surface area contributed by atoms with E-state index in [-0.39, 0.29) is 5.41 Å². The maximum Gasteiger partial charge on any atom is 0.213 e. The summed E-state index contributed by atoms with van der Waals surface area (Å²) in [6.07, 6.45) is 1.72. The van der Waals surface area contributed by atoms with Crippen LogP contribution in [0.25, 0.3) is 11.0 Å². The third kappa shape index (κ3) is 2.52. The Balaban J connectivity index is 1.82. The van der Waals surface area contributed by atoms with Crippen molar-refractivity contribution in [1.82, 2.24) is 14.5 Å². The molecule has 0 saturated heterocycles. The van der Waals surface area contributed by atoms with Crippen molar-refractivity contribution in [2.75, 3.05) is 11.1 Å². The number of aryl methyl sites for hydroxylation is 1. The molecule has 0 amide bonds. The van der Waals surface area contributed by atoms with Gasteiger partial charge in [-0.05, 0) is 12.1 Å². The first kappa shape index (κ1) is 14.4. The van der Waals surface area contributed by atoms with E-state index in [0.717, 1.165) is 22.4 Å². The summed E-state index contributed by atoms with van der Waals surface area (Å²) in [5.74, 6) is 1.15. The molecule has 0 aliphatic heterocycles. The molecule has 0 spiro atoms. The molecule has 0 fully saturated rings. The van der Waals surface area contributed by atoms with Crippen LogP contribution >= 0.6 is 0 Å². The van der Waals surface area contributed by atoms with Crippen molar-refractivity contribution in [1.29, 1.82) is 0 Å². The normalized spacial score (nSPS) is 12.0. The molecular weight excluding hydrogens is 278 g/mol. The first-order valence-corrected chi connectivity index (χ1v) is 7.26. The number of nitrogens with two attached hydrogens (primary N) is 1. The molecular formula is C16H21N5O. The number of para-hydroxylation sites is 1. The average Bonchev–Trinajstić information content (AvgIpc) is 3.03. The Labute approximate surface area is 129 Å². The Bertz CT molecular complexity index is 810. The van der Waals surface area contributed by atoms with E-state index in [9.17, 15) is 0 Å². The van der Waals surface area contributed by atoms with Crippen LogP contribution in [-0.2, 0) is 19.0 Å². The molecule has 2 heterocycles. The number of hydrogen-bond acceptors (Lipinski definition) is 5. The first-order valence-electron chi connectivity index (χ1n) is 7.26. The van der Waals surface area contributed by atoms with Gasteiger partial charge in [0.25, 0.3) is 0 Å². The Morgan fingerprint density at radius 1 is 1.27 bits per heavy atom. The van der Waals surface area contributed by atoms with Gasteiger partial charge in [0, 0.05) is 12.5 Å². The summed E-state index contributed by atoms with van der Waals surface area (Å²) in [7, 11) is 1.90. The number of nitrogens with one attached hydrogen (secondary N) is 1. The van der Waals surface area contributed by atoms with Gasteiger partial charge in [0.15, 0.2) is 0 Å². The van der Waals surface area contributed by atoms with Crippen LogP contribution in [0.3, 0.4) is 0 Å². The number of nitrogens with zero attached hydrogens (tertiary/aromatic N) is 3. The van der Waals surface area contributed by atoms with Crippen molar-refractivity contribution in [3.05, 3.63) is 36.0 Å². The van der Waals surface area contributed by atoms with E-state index in [2.05, 4.69) is 36.1 Å². The first-order chi connectivity index (χ1) is 10.4. The fraction of sp³-hybridized carbons (Fsp3) is 0.375. The number of aromatic nitrogens is 3. The van der Waals surface area contributed by atoms with Crippen LogP contribution in [0.2, 0.25) is 0 Å². The summed E-state index contributed by atoms with van der Waals surface area (Å²) in [6, 6.07) is 5.94. The third-order valence-corrected chi connectivity index (χ3v) is 3.70. The van der Waals surface area contributed by atoms with Gasteiger partial charge >= 0.3 is 0 Å². The van der Waals surface area contributed by atoms with Gasteiger partial charge in [-0.25, -0.2) is 9.97 Å². The fourth-order valence-corrected chi connectivity index (χ4v) is 2.28. The highest BCUT2D eigenvalue weighted by Gasteiger charge is 2.18. The molecule has 3 N–H and O–H groups in total. The lowest BCUT2D eigenvalue weighted by Crippen LogP contribution is -2.11. The van der Waals surface area contributed by atoms with Crippen LogP contribution in [-0.4, -0.2) is 14.5 Å². The minimum Gasteiger partial charge on any atom is -0.447 e. The average molecular weight is 299 g/mol. The smallest absolute Gasteiger partial charge is 0.213 e. The Hall–Kier alpha value is -2.50. The van der Waals surface area contributed by atoms with Crippen LogP contribution in [0.15, 0.2) is 28.9 Å². The summed E-state index contributed by atoms with van der Waals surface area (Å²) in [5.41, 5.74) is 9.57. The van der Waals surface area contributed by atoms with Gasteiger partial charge in [0.1, 0.15) is 11.8 Å². The molecule has 22 heavy (non-hydrogen) atoms. The predicted octanol–water partition coefficient (Wildman–Crippen LogP) is 3.05. The van der Waals surface area contributed by atoms with Gasteiger partial charge in [-0.15, -0.1) is 0 Å². The maximum atomic E-state index is 5.87. The summed E-state index contributed by atoms with van der Waals surface area (Å²) >= 11 is 0. The highest BCUT2D eigenvalue weighted by atomic mass is 16.3. The monoisotopic (exact) mass is 299 g/mol. The molecule has 0 aliphatic rings. The van der Waals surface area contributed by atoms with Gasteiger partial charge in [0.2, 0.25) is 11.8 Å². The molecule has 0 unspecified atom stereocenters. The Morgan fingerprint density at radius 2 is 2.05 bits per heavy atom. The van der Waals surface area contributed by atoms with Crippen LogP contribution < -0.4 is 11.1 Å². The van der Waals surface area contributed by atoms with Crippen molar-refractivity contribution in [2.24, 2.45) is 7.05 Å². The molecule has 0 atom stereocenters. The largest absolute Gasteiger partial charge is 0.447 e. The van der Waals surface area contributed by atoms with Crippen molar-refractivity contribution in [3.63, 3.8) is 0 Å². The van der Waals surface area contributed by atoms with Gasteiger partial charge in [-0.2, -0.15) is 0 Å². The summed E-state index contributed by atoms with van der Waals surface area (Å²) in [4.78, 5) is 8.92. The zero-order valence-corrected chi connectivity index (χ0v) is 13.3. The maximum absolute atomic E-state index is 5.87. The number of oxazole rings is 1. The van der Waals surface area contributed by atoms with E-state index < -0.39 is 0 Å². The zero-order valence-electron chi connectivity index (χ0n) is 13.3. The van der Waals surface area contributed by atoms with Crippen LogP contribution in [0.5, 0.6) is 0 Å². The van der Waals surface area contributed by atoms with Crippen molar-refractivity contribution < 1.29 is 4.42 Å². The minimum absolute atomic E-state index is 0.0167. The van der Waals surface area contributed by atoms with Gasteiger partial charge in [-0.1, -0.05) is 26.8 Å². The number of nitrogen functional groups attached to an aromatic ring is 1. The van der Waals surface area contributed by atoms with Crippen LogP contribution in [0.4, 0.5) is 11.6 Å². The van der Waals surface area contributed by atoms with Crippen LogP contribution in [0, 0.1) is 0 Å². The summed E-state index contributed by atoms with van der Waals surface area (Å²) in [5, 5.41) is 3.32. The van der Waals surface area contributed by atoms with Crippen molar-refractivity contribution in [2.45, 2.75) is 32.7 Å². The third-order valence-electron chi connectivity index (χ3n) is 3.70. The second-order valence-electron chi connectivity index (χ2n) is 6.43.